The Morgan fingerprint density at radius 2 is 1.94 bits per heavy atom. The minimum absolute atomic E-state index is 0.425. The summed E-state index contributed by atoms with van der Waals surface area (Å²) in [4.78, 5) is 14.4. The molecule has 2 saturated heterocycles. The van der Waals surface area contributed by atoms with Crippen molar-refractivity contribution in [1.29, 1.82) is 0 Å². The van der Waals surface area contributed by atoms with Gasteiger partial charge in [-0.1, -0.05) is 13.3 Å². The summed E-state index contributed by atoms with van der Waals surface area (Å²) in [7, 11) is 0. The summed E-state index contributed by atoms with van der Waals surface area (Å²) < 4.78 is 0. The van der Waals surface area contributed by atoms with Crippen molar-refractivity contribution in [3.8, 4) is 0 Å². The normalized spacial score (nSPS) is 33.1. The van der Waals surface area contributed by atoms with Gasteiger partial charge in [0, 0.05) is 23.8 Å². The van der Waals surface area contributed by atoms with E-state index in [4.69, 9.17) is 0 Å². The molecule has 0 spiro atoms. The summed E-state index contributed by atoms with van der Waals surface area (Å²) in [5.41, 5.74) is 0. The Morgan fingerprint density at radius 3 is 2.44 bits per heavy atom. The second-order valence-corrected chi connectivity index (χ2v) is 6.26. The Balaban J connectivity index is 1.94. The van der Waals surface area contributed by atoms with E-state index in [1.165, 1.54) is 25.7 Å². The van der Waals surface area contributed by atoms with Crippen LogP contribution in [0.25, 0.3) is 0 Å². The quantitative estimate of drug-likeness (QED) is 0.754. The first-order valence-corrected chi connectivity index (χ1v) is 7.89. The smallest absolute Gasteiger partial charge is 0.223 e. The molecule has 0 aliphatic carbocycles. The van der Waals surface area contributed by atoms with Crippen LogP contribution in [-0.2, 0) is 4.79 Å². The van der Waals surface area contributed by atoms with Crippen LogP contribution in [0.4, 0.5) is 0 Å². The molecule has 0 aromatic carbocycles. The molecular formula is C13H23NOS. The van der Waals surface area contributed by atoms with Crippen molar-refractivity contribution in [2.24, 2.45) is 0 Å². The third-order valence-electron chi connectivity index (χ3n) is 4.06. The fourth-order valence-electron chi connectivity index (χ4n) is 3.18. The van der Waals surface area contributed by atoms with Crippen molar-refractivity contribution in [3.05, 3.63) is 0 Å². The van der Waals surface area contributed by atoms with Crippen LogP contribution in [0.3, 0.4) is 0 Å². The Morgan fingerprint density at radius 1 is 1.31 bits per heavy atom. The van der Waals surface area contributed by atoms with Gasteiger partial charge in [0.2, 0.25) is 5.91 Å². The predicted octanol–water partition coefficient (Wildman–Crippen LogP) is 3.06. The van der Waals surface area contributed by atoms with Crippen LogP contribution in [0.15, 0.2) is 0 Å². The molecule has 2 bridgehead atoms. The number of thioether (sulfide) groups is 1. The van der Waals surface area contributed by atoms with Crippen molar-refractivity contribution in [3.63, 3.8) is 0 Å². The maximum absolute atomic E-state index is 12.1. The maximum atomic E-state index is 12.1. The highest BCUT2D eigenvalue weighted by molar-refractivity contribution is 7.99. The van der Waals surface area contributed by atoms with E-state index >= 15 is 0 Å². The van der Waals surface area contributed by atoms with E-state index in [0.29, 0.717) is 18.0 Å². The lowest BCUT2D eigenvalue weighted by molar-refractivity contribution is -0.135. The predicted molar refractivity (Wildman–Crippen MR) is 69.7 cm³/mol. The fourth-order valence-corrected chi connectivity index (χ4v) is 4.01. The second kappa shape index (κ2) is 5.44. The summed E-state index contributed by atoms with van der Waals surface area (Å²) >= 11 is 1.99. The third-order valence-corrected chi connectivity index (χ3v) is 5.11. The summed E-state index contributed by atoms with van der Waals surface area (Å²) in [6.45, 7) is 2.15. The molecule has 1 amide bonds. The summed E-state index contributed by atoms with van der Waals surface area (Å²) in [6, 6.07) is 1.14. The van der Waals surface area contributed by atoms with Crippen molar-refractivity contribution in [2.75, 3.05) is 6.26 Å². The molecule has 2 fully saturated rings. The van der Waals surface area contributed by atoms with E-state index in [1.807, 2.05) is 11.8 Å². The number of fused-ring (bicyclic) bond motifs is 2. The number of hydrogen-bond acceptors (Lipinski definition) is 2. The highest BCUT2D eigenvalue weighted by Crippen LogP contribution is 2.39. The zero-order valence-corrected chi connectivity index (χ0v) is 11.3. The lowest BCUT2D eigenvalue weighted by atomic mass is 10.0. The minimum atomic E-state index is 0.425. The third kappa shape index (κ3) is 2.39. The van der Waals surface area contributed by atoms with Crippen molar-refractivity contribution in [2.45, 2.75) is 69.2 Å². The zero-order chi connectivity index (χ0) is 11.5. The number of rotatable bonds is 4. The summed E-state index contributed by atoms with van der Waals surface area (Å²) in [5.74, 6) is 0.425. The molecule has 0 aromatic rings. The second-order valence-electron chi connectivity index (χ2n) is 5.12. The van der Waals surface area contributed by atoms with Gasteiger partial charge in [-0.15, -0.1) is 0 Å². The average molecular weight is 241 g/mol. The molecule has 0 saturated carbocycles. The maximum Gasteiger partial charge on any atom is 0.223 e. The van der Waals surface area contributed by atoms with Gasteiger partial charge in [-0.25, -0.2) is 0 Å². The molecule has 2 atom stereocenters. The van der Waals surface area contributed by atoms with Crippen LogP contribution in [0, 0.1) is 0 Å². The van der Waals surface area contributed by atoms with E-state index in [1.54, 1.807) is 0 Å². The van der Waals surface area contributed by atoms with Crippen LogP contribution in [0.1, 0.15) is 51.9 Å². The average Bonchev–Trinajstić information content (AvgIpc) is 2.57. The molecule has 2 nitrogen and oxygen atoms in total. The van der Waals surface area contributed by atoms with E-state index in [9.17, 15) is 4.79 Å². The van der Waals surface area contributed by atoms with Crippen LogP contribution < -0.4 is 0 Å². The van der Waals surface area contributed by atoms with Crippen molar-refractivity contribution < 1.29 is 4.79 Å². The largest absolute Gasteiger partial charge is 0.337 e. The van der Waals surface area contributed by atoms with Gasteiger partial charge in [0.05, 0.1) is 0 Å². The summed E-state index contributed by atoms with van der Waals surface area (Å²) in [5, 5.41) is 0.799. The van der Waals surface area contributed by atoms with Crippen LogP contribution in [0.2, 0.25) is 0 Å². The molecule has 16 heavy (non-hydrogen) atoms. The zero-order valence-electron chi connectivity index (χ0n) is 10.4. The lowest BCUT2D eigenvalue weighted by Gasteiger charge is -2.38. The molecule has 3 heteroatoms. The number of amides is 1. The molecular weight excluding hydrogens is 218 g/mol. The topological polar surface area (TPSA) is 20.3 Å². The van der Waals surface area contributed by atoms with Crippen LogP contribution >= 0.6 is 11.8 Å². The van der Waals surface area contributed by atoms with E-state index < -0.39 is 0 Å². The molecule has 0 aromatic heterocycles. The van der Waals surface area contributed by atoms with Gasteiger partial charge in [0.15, 0.2) is 0 Å². The molecule has 0 radical (unpaired) electrons. The molecule has 92 valence electrons. The number of nitrogens with zero attached hydrogens (tertiary/aromatic N) is 1. The number of piperidine rings is 1. The highest BCUT2D eigenvalue weighted by atomic mass is 32.2. The molecule has 2 heterocycles. The minimum Gasteiger partial charge on any atom is -0.337 e. The van der Waals surface area contributed by atoms with Gasteiger partial charge in [0.25, 0.3) is 0 Å². The first-order chi connectivity index (χ1) is 7.76. The van der Waals surface area contributed by atoms with Gasteiger partial charge < -0.3 is 4.90 Å². The first kappa shape index (κ1) is 12.3. The summed E-state index contributed by atoms with van der Waals surface area (Å²) in [6.07, 6.45) is 10.1. The van der Waals surface area contributed by atoms with Gasteiger partial charge >= 0.3 is 0 Å². The number of unbranched alkanes of at least 4 members (excludes halogenated alkanes) is 1. The van der Waals surface area contributed by atoms with Gasteiger partial charge in [0.1, 0.15) is 0 Å². The van der Waals surface area contributed by atoms with Crippen molar-refractivity contribution in [1.82, 2.24) is 4.90 Å². The Labute approximate surface area is 103 Å². The SMILES string of the molecule is CCCCC(=O)N1C2CCC1CC(SC)C2. The van der Waals surface area contributed by atoms with E-state index in [2.05, 4.69) is 18.1 Å². The van der Waals surface area contributed by atoms with Gasteiger partial charge in [-0.3, -0.25) is 4.79 Å². The van der Waals surface area contributed by atoms with Crippen molar-refractivity contribution >= 4 is 17.7 Å². The Hall–Kier alpha value is -0.180. The number of carbonyl (C=O) groups excluding carboxylic acids is 1. The lowest BCUT2D eigenvalue weighted by Crippen LogP contribution is -2.47. The molecule has 2 rings (SSSR count). The molecule has 2 aliphatic heterocycles. The van der Waals surface area contributed by atoms with E-state index in [0.717, 1.165) is 24.5 Å². The molecule has 0 N–H and O–H groups in total. The van der Waals surface area contributed by atoms with E-state index in [-0.39, 0.29) is 0 Å². The number of hydrogen-bond donors (Lipinski definition) is 0. The number of carbonyl (C=O) groups is 1. The van der Waals surface area contributed by atoms with Crippen LogP contribution in [-0.4, -0.2) is 34.4 Å². The van der Waals surface area contributed by atoms with Gasteiger partial charge in [-0.05, 0) is 38.4 Å². The first-order valence-electron chi connectivity index (χ1n) is 6.60. The fraction of sp³-hybridized carbons (Fsp3) is 0.923. The Bertz CT molecular complexity index is 242. The standard InChI is InChI=1S/C13H23NOS/c1-3-4-5-13(15)14-10-6-7-11(14)9-12(8-10)16-2/h10-12H,3-9H2,1-2H3. The van der Waals surface area contributed by atoms with Gasteiger partial charge in [-0.2, -0.15) is 11.8 Å². The highest BCUT2D eigenvalue weighted by Gasteiger charge is 2.42. The Kier molecular flexibility index (Phi) is 4.17. The monoisotopic (exact) mass is 241 g/mol. The van der Waals surface area contributed by atoms with Crippen LogP contribution in [0.5, 0.6) is 0 Å². The molecule has 2 unspecified atom stereocenters. The molecule has 2 aliphatic rings.